The number of hydrogen-bond donors (Lipinski definition) is 2. The molecule has 0 radical (unpaired) electrons. The first-order valence-corrected chi connectivity index (χ1v) is 7.32. The maximum absolute atomic E-state index is 11.7. The van der Waals surface area contributed by atoms with Crippen LogP contribution in [0.15, 0.2) is 12.2 Å². The first-order chi connectivity index (χ1) is 9.51. The van der Waals surface area contributed by atoms with Crippen LogP contribution in [0.1, 0.15) is 40.5 Å². The Labute approximate surface area is 125 Å². The van der Waals surface area contributed by atoms with Gasteiger partial charge in [-0.1, -0.05) is 27.4 Å². The number of hydrogen-bond acceptors (Lipinski definition) is 4. The van der Waals surface area contributed by atoms with E-state index < -0.39 is 35.5 Å². The van der Waals surface area contributed by atoms with E-state index in [2.05, 4.69) is 6.58 Å². The Hall–Kier alpha value is -1.36. The van der Waals surface area contributed by atoms with Gasteiger partial charge in [-0.2, -0.15) is 0 Å². The van der Waals surface area contributed by atoms with E-state index in [0.29, 0.717) is 18.4 Å². The Kier molecular flexibility index (Phi) is 3.69. The average molecular weight is 296 g/mol. The molecule has 2 rings (SSSR count). The summed E-state index contributed by atoms with van der Waals surface area (Å²) < 4.78 is 5.42. The minimum atomic E-state index is -1.52. The van der Waals surface area contributed by atoms with Crippen LogP contribution in [-0.2, 0) is 14.3 Å². The summed E-state index contributed by atoms with van der Waals surface area (Å²) in [4.78, 5) is 23.1. The van der Waals surface area contributed by atoms with Crippen molar-refractivity contribution in [3.05, 3.63) is 12.2 Å². The van der Waals surface area contributed by atoms with Crippen molar-refractivity contribution in [3.63, 3.8) is 0 Å². The van der Waals surface area contributed by atoms with Crippen molar-refractivity contribution in [2.24, 2.45) is 23.2 Å². The zero-order valence-corrected chi connectivity index (χ0v) is 13.0. The molecule has 2 aliphatic rings. The molecule has 0 saturated heterocycles. The van der Waals surface area contributed by atoms with Gasteiger partial charge in [0.15, 0.2) is 0 Å². The quantitative estimate of drug-likeness (QED) is 0.601. The Bertz CT molecular complexity index is 495. The largest absolute Gasteiger partial charge is 0.481 e. The Morgan fingerprint density at radius 1 is 1.38 bits per heavy atom. The van der Waals surface area contributed by atoms with E-state index in [1.54, 1.807) is 6.92 Å². The van der Waals surface area contributed by atoms with Crippen molar-refractivity contribution in [2.45, 2.75) is 52.2 Å². The van der Waals surface area contributed by atoms with E-state index in [0.717, 1.165) is 0 Å². The Morgan fingerprint density at radius 3 is 2.43 bits per heavy atom. The smallest absolute Gasteiger partial charge is 0.310 e. The van der Waals surface area contributed by atoms with Gasteiger partial charge in [0, 0.05) is 12.8 Å². The summed E-state index contributed by atoms with van der Waals surface area (Å²) >= 11 is 0. The normalized spacial score (nSPS) is 41.5. The van der Waals surface area contributed by atoms with Crippen LogP contribution in [0.2, 0.25) is 0 Å². The van der Waals surface area contributed by atoms with Gasteiger partial charge >= 0.3 is 11.9 Å². The molecule has 0 spiro atoms. The molecule has 118 valence electrons. The zero-order chi connectivity index (χ0) is 16.2. The number of esters is 1. The average Bonchev–Trinajstić information content (AvgIpc) is 2.42. The number of carboxylic acid groups (broad SMARTS) is 1. The van der Waals surface area contributed by atoms with Crippen LogP contribution in [-0.4, -0.2) is 33.9 Å². The molecule has 0 aliphatic heterocycles. The summed E-state index contributed by atoms with van der Waals surface area (Å²) in [6.45, 7) is 11.0. The van der Waals surface area contributed by atoms with E-state index >= 15 is 0 Å². The van der Waals surface area contributed by atoms with Gasteiger partial charge < -0.3 is 14.9 Å². The van der Waals surface area contributed by atoms with Gasteiger partial charge in [-0.3, -0.25) is 9.59 Å². The summed E-state index contributed by atoms with van der Waals surface area (Å²) in [5.41, 5.74) is -1.35. The molecule has 0 heterocycles. The molecule has 5 nitrogen and oxygen atoms in total. The van der Waals surface area contributed by atoms with Crippen molar-refractivity contribution in [2.75, 3.05) is 0 Å². The van der Waals surface area contributed by atoms with Gasteiger partial charge in [-0.15, -0.1) is 0 Å². The van der Waals surface area contributed by atoms with Crippen molar-refractivity contribution in [1.29, 1.82) is 0 Å². The number of ether oxygens (including phenoxy) is 1. The molecule has 2 fully saturated rings. The van der Waals surface area contributed by atoms with Crippen molar-refractivity contribution in [3.8, 4) is 0 Å². The summed E-state index contributed by atoms with van der Waals surface area (Å²) in [5.74, 6) is -3.08. The van der Waals surface area contributed by atoms with Gasteiger partial charge in [0.2, 0.25) is 0 Å². The van der Waals surface area contributed by atoms with Crippen LogP contribution < -0.4 is 0 Å². The predicted molar refractivity (Wildman–Crippen MR) is 76.4 cm³/mol. The minimum Gasteiger partial charge on any atom is -0.481 e. The maximum Gasteiger partial charge on any atom is 0.310 e. The second-order valence-electron chi connectivity index (χ2n) is 7.25. The van der Waals surface area contributed by atoms with Crippen molar-refractivity contribution in [1.82, 2.24) is 0 Å². The molecule has 21 heavy (non-hydrogen) atoms. The molecule has 5 heteroatoms. The predicted octanol–water partition coefficient (Wildman–Crippen LogP) is 1.99. The van der Waals surface area contributed by atoms with Gasteiger partial charge in [-0.25, -0.2) is 0 Å². The fourth-order valence-corrected chi connectivity index (χ4v) is 4.65. The van der Waals surface area contributed by atoms with Gasteiger partial charge in [0.05, 0.1) is 5.92 Å². The zero-order valence-electron chi connectivity index (χ0n) is 13.0. The monoisotopic (exact) mass is 296 g/mol. The lowest BCUT2D eigenvalue weighted by Gasteiger charge is -2.50. The molecule has 0 aromatic rings. The molecule has 0 bridgehead atoms. The summed E-state index contributed by atoms with van der Waals surface area (Å²) in [5, 5.41) is 20.8. The Balaban J connectivity index is 2.53. The van der Waals surface area contributed by atoms with E-state index in [1.165, 1.54) is 6.92 Å². The maximum atomic E-state index is 11.7. The molecular formula is C16H24O5. The highest BCUT2D eigenvalue weighted by Gasteiger charge is 2.66. The number of aliphatic carboxylic acids is 1. The topological polar surface area (TPSA) is 83.8 Å². The standard InChI is InChI=1S/C16H24O5/c1-8-6-11(21-10(3)17)13-15(4,5)7-9(2)16(13,20)12(8)14(18)19/h8,11-13,20H,2,6-7H2,1,3-5H3,(H,18,19). The molecule has 0 aromatic heterocycles. The summed E-state index contributed by atoms with van der Waals surface area (Å²) in [7, 11) is 0. The molecule has 0 aromatic carbocycles. The molecule has 2 saturated carbocycles. The van der Waals surface area contributed by atoms with Gasteiger partial charge in [-0.05, 0) is 29.7 Å². The highest BCUT2D eigenvalue weighted by Crippen LogP contribution is 2.61. The second kappa shape index (κ2) is 4.83. The van der Waals surface area contributed by atoms with E-state index in [-0.39, 0.29) is 11.3 Å². The number of fused-ring (bicyclic) bond motifs is 1. The molecule has 5 unspecified atom stereocenters. The molecule has 2 aliphatic carbocycles. The van der Waals surface area contributed by atoms with Crippen molar-refractivity contribution >= 4 is 11.9 Å². The van der Waals surface area contributed by atoms with Gasteiger partial charge in [0.1, 0.15) is 11.7 Å². The lowest BCUT2D eigenvalue weighted by molar-refractivity contribution is -0.190. The van der Waals surface area contributed by atoms with Gasteiger partial charge in [0.25, 0.3) is 0 Å². The van der Waals surface area contributed by atoms with Crippen LogP contribution in [0.3, 0.4) is 0 Å². The Morgan fingerprint density at radius 2 is 1.95 bits per heavy atom. The number of rotatable bonds is 2. The van der Waals surface area contributed by atoms with Crippen LogP contribution in [0.5, 0.6) is 0 Å². The second-order valence-corrected chi connectivity index (χ2v) is 7.25. The molecule has 2 N–H and O–H groups in total. The lowest BCUT2D eigenvalue weighted by Crippen LogP contribution is -2.60. The SMILES string of the molecule is C=C1CC(C)(C)C2C(OC(C)=O)CC(C)C(C(=O)O)C12O. The third kappa shape index (κ3) is 2.27. The summed E-state index contributed by atoms with van der Waals surface area (Å²) in [6, 6.07) is 0. The highest BCUT2D eigenvalue weighted by atomic mass is 16.5. The fraction of sp³-hybridized carbons (Fsp3) is 0.750. The lowest BCUT2D eigenvalue weighted by atomic mass is 9.59. The van der Waals surface area contributed by atoms with Crippen LogP contribution >= 0.6 is 0 Å². The van der Waals surface area contributed by atoms with E-state index in [9.17, 15) is 19.8 Å². The van der Waals surface area contributed by atoms with Crippen LogP contribution in [0.25, 0.3) is 0 Å². The van der Waals surface area contributed by atoms with E-state index in [1.807, 2.05) is 13.8 Å². The molecular weight excluding hydrogens is 272 g/mol. The fourth-order valence-electron chi connectivity index (χ4n) is 4.65. The number of carboxylic acids is 1. The molecule has 0 amide bonds. The van der Waals surface area contributed by atoms with Crippen LogP contribution in [0.4, 0.5) is 0 Å². The number of carbonyl (C=O) groups excluding carboxylic acids is 1. The number of carbonyl (C=O) groups is 2. The van der Waals surface area contributed by atoms with E-state index in [4.69, 9.17) is 4.74 Å². The summed E-state index contributed by atoms with van der Waals surface area (Å²) in [6.07, 6.45) is 0.496. The third-order valence-electron chi connectivity index (χ3n) is 5.15. The highest BCUT2D eigenvalue weighted by molar-refractivity contribution is 5.74. The number of aliphatic hydroxyl groups is 1. The molecule has 5 atom stereocenters. The van der Waals surface area contributed by atoms with Crippen molar-refractivity contribution < 1.29 is 24.5 Å². The van der Waals surface area contributed by atoms with Crippen LogP contribution in [0, 0.1) is 23.2 Å². The minimum absolute atomic E-state index is 0.293. The first-order valence-electron chi connectivity index (χ1n) is 7.32. The third-order valence-corrected chi connectivity index (χ3v) is 5.15. The first kappa shape index (κ1) is 16.0.